The first-order valence-corrected chi connectivity index (χ1v) is 9.25. The van der Waals surface area contributed by atoms with Gasteiger partial charge in [0, 0.05) is 16.3 Å². The fraction of sp³-hybridized carbons (Fsp3) is 0.176. The Kier molecular flexibility index (Phi) is 5.94. The van der Waals surface area contributed by atoms with Crippen molar-refractivity contribution in [3.8, 4) is 0 Å². The number of nitrogens with one attached hydrogen (secondary N) is 2. The molecule has 8 heteroatoms. The molecule has 1 atom stereocenters. The zero-order chi connectivity index (χ0) is 18.6. The Labute approximate surface area is 151 Å². The molecule has 2 aromatic rings. The van der Waals surface area contributed by atoms with Gasteiger partial charge < -0.3 is 5.32 Å². The van der Waals surface area contributed by atoms with Crippen LogP contribution in [-0.4, -0.2) is 26.2 Å². The maximum absolute atomic E-state index is 12.3. The zero-order valence-corrected chi connectivity index (χ0v) is 15.2. The fourth-order valence-electron chi connectivity index (χ4n) is 2.03. The fourth-order valence-corrected chi connectivity index (χ4v) is 3.36. The second-order valence-corrected chi connectivity index (χ2v) is 7.57. The van der Waals surface area contributed by atoms with Crippen molar-refractivity contribution < 1.29 is 18.0 Å². The van der Waals surface area contributed by atoms with Gasteiger partial charge in [0.15, 0.2) is 5.78 Å². The number of amides is 1. The lowest BCUT2D eigenvalue weighted by Gasteiger charge is -2.15. The minimum atomic E-state index is -3.86. The van der Waals surface area contributed by atoms with Crippen molar-refractivity contribution in [3.63, 3.8) is 0 Å². The van der Waals surface area contributed by atoms with E-state index in [1.807, 2.05) is 0 Å². The summed E-state index contributed by atoms with van der Waals surface area (Å²) in [6.07, 6.45) is 0. The maximum Gasteiger partial charge on any atom is 0.242 e. The summed E-state index contributed by atoms with van der Waals surface area (Å²) < 4.78 is 26.9. The predicted molar refractivity (Wildman–Crippen MR) is 96.3 cm³/mol. The number of carbonyl (C=O) groups is 2. The van der Waals surface area contributed by atoms with E-state index in [1.54, 1.807) is 18.2 Å². The number of carbonyl (C=O) groups excluding carboxylic acids is 2. The summed E-state index contributed by atoms with van der Waals surface area (Å²) in [4.78, 5) is 23.6. The van der Waals surface area contributed by atoms with Gasteiger partial charge in [-0.3, -0.25) is 9.59 Å². The van der Waals surface area contributed by atoms with E-state index in [0.717, 1.165) is 0 Å². The quantitative estimate of drug-likeness (QED) is 0.753. The number of hydrogen-bond donors (Lipinski definition) is 2. The van der Waals surface area contributed by atoms with Crippen LogP contribution in [0.3, 0.4) is 0 Å². The van der Waals surface area contributed by atoms with Crippen LogP contribution in [0.5, 0.6) is 0 Å². The molecule has 0 heterocycles. The number of Topliss-reactive ketones (excluding diaryl/α,β-unsaturated/α-hetero) is 1. The van der Waals surface area contributed by atoms with Crippen molar-refractivity contribution in [2.45, 2.75) is 24.8 Å². The van der Waals surface area contributed by atoms with Crippen LogP contribution < -0.4 is 10.0 Å². The summed E-state index contributed by atoms with van der Waals surface area (Å²) >= 11 is 5.74. The van der Waals surface area contributed by atoms with E-state index in [0.29, 0.717) is 16.3 Å². The molecule has 1 amide bonds. The van der Waals surface area contributed by atoms with Crippen molar-refractivity contribution in [2.24, 2.45) is 0 Å². The molecule has 0 aliphatic carbocycles. The van der Waals surface area contributed by atoms with E-state index in [9.17, 15) is 18.0 Å². The average Bonchev–Trinajstić information content (AvgIpc) is 2.55. The third-order valence-corrected chi connectivity index (χ3v) is 5.19. The molecule has 0 radical (unpaired) electrons. The number of sulfonamides is 1. The first-order valence-electron chi connectivity index (χ1n) is 7.39. The molecule has 2 N–H and O–H groups in total. The van der Waals surface area contributed by atoms with Crippen LogP contribution in [-0.2, 0) is 14.8 Å². The Bertz CT molecular complexity index is 895. The normalized spacial score (nSPS) is 12.4. The number of ketones is 1. The Morgan fingerprint density at radius 2 is 1.72 bits per heavy atom. The standard InChI is InChI=1S/C17H17ClN2O4S/c1-11(20-25(23,24)16-8-6-14(18)7-9-16)17(22)19-15-5-3-4-13(10-15)12(2)21/h3-11,20H,1-2H3,(H,19,22)/t11-/m1/s1. The van der Waals surface area contributed by atoms with Crippen molar-refractivity contribution in [2.75, 3.05) is 5.32 Å². The first kappa shape index (κ1) is 19.1. The van der Waals surface area contributed by atoms with Crippen LogP contribution in [0.25, 0.3) is 0 Å². The maximum atomic E-state index is 12.3. The Balaban J connectivity index is 2.08. The highest BCUT2D eigenvalue weighted by Crippen LogP contribution is 2.15. The van der Waals surface area contributed by atoms with Crippen LogP contribution in [0.4, 0.5) is 5.69 Å². The molecule has 0 unspecified atom stereocenters. The first-order chi connectivity index (χ1) is 11.7. The molecule has 0 fully saturated rings. The zero-order valence-electron chi connectivity index (χ0n) is 13.6. The van der Waals surface area contributed by atoms with E-state index < -0.39 is 22.0 Å². The third kappa shape index (κ3) is 5.12. The Morgan fingerprint density at radius 3 is 2.32 bits per heavy atom. The van der Waals surface area contributed by atoms with Crippen molar-refractivity contribution in [1.29, 1.82) is 0 Å². The monoisotopic (exact) mass is 380 g/mol. The van der Waals surface area contributed by atoms with Gasteiger partial charge in [0.25, 0.3) is 0 Å². The molecule has 0 saturated carbocycles. The van der Waals surface area contributed by atoms with Gasteiger partial charge in [-0.05, 0) is 50.2 Å². The number of rotatable bonds is 6. The smallest absolute Gasteiger partial charge is 0.242 e. The molecule has 132 valence electrons. The summed E-state index contributed by atoms with van der Waals surface area (Å²) in [5.41, 5.74) is 0.863. The molecule has 0 spiro atoms. The summed E-state index contributed by atoms with van der Waals surface area (Å²) in [6.45, 7) is 2.85. The lowest BCUT2D eigenvalue weighted by Crippen LogP contribution is -2.41. The van der Waals surface area contributed by atoms with Crippen LogP contribution in [0.2, 0.25) is 5.02 Å². The van der Waals surface area contributed by atoms with Gasteiger partial charge >= 0.3 is 0 Å². The summed E-state index contributed by atoms with van der Waals surface area (Å²) in [7, 11) is -3.86. The molecule has 0 aliphatic rings. The largest absolute Gasteiger partial charge is 0.325 e. The van der Waals surface area contributed by atoms with Gasteiger partial charge in [0.2, 0.25) is 15.9 Å². The Morgan fingerprint density at radius 1 is 1.08 bits per heavy atom. The van der Waals surface area contributed by atoms with E-state index in [4.69, 9.17) is 11.6 Å². The molecular weight excluding hydrogens is 364 g/mol. The molecule has 25 heavy (non-hydrogen) atoms. The number of halogens is 1. The van der Waals surface area contributed by atoms with Crippen molar-refractivity contribution in [1.82, 2.24) is 4.72 Å². The molecule has 6 nitrogen and oxygen atoms in total. The van der Waals surface area contributed by atoms with Crippen LogP contribution in [0, 0.1) is 0 Å². The number of benzene rings is 2. The highest BCUT2D eigenvalue weighted by atomic mass is 35.5. The van der Waals surface area contributed by atoms with Crippen molar-refractivity contribution >= 4 is 39.0 Å². The van der Waals surface area contributed by atoms with Crippen LogP contribution >= 0.6 is 11.6 Å². The van der Waals surface area contributed by atoms with Gasteiger partial charge in [0.05, 0.1) is 10.9 Å². The van der Waals surface area contributed by atoms with E-state index in [2.05, 4.69) is 10.0 Å². The summed E-state index contributed by atoms with van der Waals surface area (Å²) in [6, 6.07) is 11.0. The molecule has 0 aliphatic heterocycles. The van der Waals surface area contributed by atoms with Crippen LogP contribution in [0.1, 0.15) is 24.2 Å². The van der Waals surface area contributed by atoms with E-state index in [1.165, 1.54) is 44.2 Å². The Hall–Kier alpha value is -2.22. The summed E-state index contributed by atoms with van der Waals surface area (Å²) in [5, 5.41) is 2.99. The average molecular weight is 381 g/mol. The number of hydrogen-bond acceptors (Lipinski definition) is 4. The summed E-state index contributed by atoms with van der Waals surface area (Å²) in [5.74, 6) is -0.675. The lowest BCUT2D eigenvalue weighted by molar-refractivity contribution is -0.117. The predicted octanol–water partition coefficient (Wildman–Crippen LogP) is 2.85. The molecule has 2 aromatic carbocycles. The van der Waals surface area contributed by atoms with Gasteiger partial charge in [-0.2, -0.15) is 4.72 Å². The van der Waals surface area contributed by atoms with Gasteiger partial charge in [-0.25, -0.2) is 8.42 Å². The van der Waals surface area contributed by atoms with E-state index in [-0.39, 0.29) is 10.7 Å². The molecule has 0 saturated heterocycles. The third-order valence-electron chi connectivity index (χ3n) is 3.39. The lowest BCUT2D eigenvalue weighted by atomic mass is 10.1. The van der Waals surface area contributed by atoms with Gasteiger partial charge in [0.1, 0.15) is 0 Å². The van der Waals surface area contributed by atoms with Gasteiger partial charge in [-0.15, -0.1) is 0 Å². The van der Waals surface area contributed by atoms with E-state index >= 15 is 0 Å². The molecule has 0 aromatic heterocycles. The van der Waals surface area contributed by atoms with Crippen LogP contribution in [0.15, 0.2) is 53.4 Å². The van der Waals surface area contributed by atoms with Crippen molar-refractivity contribution in [3.05, 3.63) is 59.1 Å². The minimum Gasteiger partial charge on any atom is -0.325 e. The highest BCUT2D eigenvalue weighted by molar-refractivity contribution is 7.89. The van der Waals surface area contributed by atoms with Gasteiger partial charge in [-0.1, -0.05) is 23.7 Å². The molecule has 2 rings (SSSR count). The topological polar surface area (TPSA) is 92.3 Å². The minimum absolute atomic E-state index is 0.00938. The second-order valence-electron chi connectivity index (χ2n) is 5.42. The highest BCUT2D eigenvalue weighted by Gasteiger charge is 2.22. The number of anilines is 1. The molecular formula is C17H17ClN2O4S. The molecule has 0 bridgehead atoms. The SMILES string of the molecule is CC(=O)c1cccc(NC(=O)[C@@H](C)NS(=O)(=O)c2ccc(Cl)cc2)c1. The second kappa shape index (κ2) is 7.77.